The Morgan fingerprint density at radius 3 is 2.04 bits per heavy atom. The smallest absolute Gasteiger partial charge is 0.358 e. The molecule has 0 fully saturated rings. The fourth-order valence-electron chi connectivity index (χ4n) is 2.39. The number of hydrogen-bond acceptors (Lipinski definition) is 5. The van der Waals surface area contributed by atoms with E-state index in [1.807, 2.05) is 0 Å². The summed E-state index contributed by atoms with van der Waals surface area (Å²) >= 11 is 0. The molecule has 1 aromatic carbocycles. The lowest BCUT2D eigenvalue weighted by molar-refractivity contribution is -0.389. The minimum atomic E-state index is -5.03. The highest BCUT2D eigenvalue weighted by Gasteiger charge is 2.37. The van der Waals surface area contributed by atoms with Gasteiger partial charge in [0.05, 0.1) is 11.1 Å². The van der Waals surface area contributed by atoms with Gasteiger partial charge >= 0.3 is 18.2 Å². The highest BCUT2D eigenvalue weighted by atomic mass is 19.4. The van der Waals surface area contributed by atoms with Crippen molar-refractivity contribution in [2.45, 2.75) is 12.4 Å². The number of nitrogens with zero attached hydrogens (tertiary/aromatic N) is 6. The molecule has 0 N–H and O–H groups in total. The highest BCUT2D eigenvalue weighted by molar-refractivity contribution is 5.58. The van der Waals surface area contributed by atoms with Gasteiger partial charge in [0, 0.05) is 12.6 Å². The van der Waals surface area contributed by atoms with Crippen molar-refractivity contribution in [3.05, 3.63) is 52.1 Å². The third kappa shape index (κ3) is 3.52. The van der Waals surface area contributed by atoms with Crippen molar-refractivity contribution in [2.24, 2.45) is 7.05 Å². The Labute approximate surface area is 151 Å². The Morgan fingerprint density at radius 2 is 1.54 bits per heavy atom. The molecular formula is C14H8F6N6O2. The van der Waals surface area contributed by atoms with Crippen molar-refractivity contribution in [2.75, 3.05) is 0 Å². The SMILES string of the molecule is Cn1cnc([N+](=O)[O-])c1-n1cnc(-c2cc(C(F)(F)F)cc(C(F)(F)F)c2)n1. The summed E-state index contributed by atoms with van der Waals surface area (Å²) in [6.07, 6.45) is -8.04. The van der Waals surface area contributed by atoms with E-state index in [2.05, 4.69) is 15.1 Å². The predicted molar refractivity (Wildman–Crippen MR) is 80.2 cm³/mol. The Bertz CT molecular complexity index is 1020. The molecule has 0 aliphatic heterocycles. The van der Waals surface area contributed by atoms with Gasteiger partial charge in [-0.05, 0) is 28.1 Å². The van der Waals surface area contributed by atoms with Crippen LogP contribution in [0.5, 0.6) is 0 Å². The van der Waals surface area contributed by atoms with Crippen molar-refractivity contribution < 1.29 is 31.3 Å². The first kappa shape index (κ1) is 19.3. The summed E-state index contributed by atoms with van der Waals surface area (Å²) in [7, 11) is 1.39. The molecule has 0 aliphatic rings. The molecule has 2 aromatic heterocycles. The molecule has 0 aliphatic carbocycles. The van der Waals surface area contributed by atoms with E-state index >= 15 is 0 Å². The van der Waals surface area contributed by atoms with Crippen LogP contribution in [0, 0.1) is 10.1 Å². The molecule has 0 unspecified atom stereocenters. The molecule has 14 heteroatoms. The number of nitro groups is 1. The first-order chi connectivity index (χ1) is 12.9. The van der Waals surface area contributed by atoms with Gasteiger partial charge in [-0.2, -0.15) is 31.0 Å². The van der Waals surface area contributed by atoms with Crippen LogP contribution in [-0.2, 0) is 19.4 Å². The molecule has 0 saturated heterocycles. The summed E-state index contributed by atoms with van der Waals surface area (Å²) in [6, 6.07) is 0.908. The van der Waals surface area contributed by atoms with Gasteiger partial charge in [0.2, 0.25) is 12.1 Å². The second-order valence-corrected chi connectivity index (χ2v) is 5.57. The minimum absolute atomic E-state index is 0.0214. The van der Waals surface area contributed by atoms with E-state index in [0.717, 1.165) is 17.3 Å². The first-order valence-electron chi connectivity index (χ1n) is 7.25. The van der Waals surface area contributed by atoms with Crippen LogP contribution >= 0.6 is 0 Å². The standard InChI is InChI=1S/C14H8F6N6O2/c1-24-5-22-11(26(27)28)12(24)25-6-21-10(23-25)7-2-8(13(15,16)17)4-9(3-7)14(18,19)20/h2-6H,1H3. The molecule has 28 heavy (non-hydrogen) atoms. The molecule has 0 amide bonds. The molecule has 3 rings (SSSR count). The van der Waals surface area contributed by atoms with E-state index in [1.54, 1.807) is 0 Å². The third-order valence-corrected chi connectivity index (χ3v) is 3.61. The van der Waals surface area contributed by atoms with Crippen LogP contribution in [0.1, 0.15) is 11.1 Å². The number of aryl methyl sites for hydroxylation is 1. The quantitative estimate of drug-likeness (QED) is 0.377. The largest absolute Gasteiger partial charge is 0.416 e. The topological polar surface area (TPSA) is 91.7 Å². The molecule has 0 radical (unpaired) electrons. The first-order valence-corrected chi connectivity index (χ1v) is 7.25. The maximum atomic E-state index is 13.0. The van der Waals surface area contributed by atoms with Crippen LogP contribution in [0.4, 0.5) is 32.2 Å². The summed E-state index contributed by atoms with van der Waals surface area (Å²) in [5.41, 5.74) is -3.61. The fourth-order valence-corrected chi connectivity index (χ4v) is 2.39. The van der Waals surface area contributed by atoms with Crippen LogP contribution in [0.3, 0.4) is 0 Å². The number of hydrogen-bond donors (Lipinski definition) is 0. The van der Waals surface area contributed by atoms with Gasteiger partial charge in [-0.3, -0.25) is 4.57 Å². The third-order valence-electron chi connectivity index (χ3n) is 3.61. The van der Waals surface area contributed by atoms with Crippen LogP contribution in [0.15, 0.2) is 30.9 Å². The lowest BCUT2D eigenvalue weighted by Crippen LogP contribution is -2.11. The molecule has 0 bridgehead atoms. The predicted octanol–water partition coefficient (Wildman–Crippen LogP) is 3.61. The van der Waals surface area contributed by atoms with Crippen LogP contribution in [-0.4, -0.2) is 29.2 Å². The Balaban J connectivity index is 2.14. The number of benzene rings is 1. The van der Waals surface area contributed by atoms with Crippen LogP contribution in [0.2, 0.25) is 0 Å². The van der Waals surface area contributed by atoms with Gasteiger partial charge in [0.25, 0.3) is 0 Å². The van der Waals surface area contributed by atoms with Gasteiger partial charge in [0.15, 0.2) is 5.82 Å². The van der Waals surface area contributed by atoms with E-state index in [9.17, 15) is 36.5 Å². The number of rotatable bonds is 3. The van der Waals surface area contributed by atoms with E-state index in [1.165, 1.54) is 11.6 Å². The minimum Gasteiger partial charge on any atom is -0.358 e. The van der Waals surface area contributed by atoms with E-state index in [0.29, 0.717) is 12.1 Å². The van der Waals surface area contributed by atoms with Gasteiger partial charge in [0.1, 0.15) is 6.33 Å². The zero-order valence-electron chi connectivity index (χ0n) is 13.7. The normalized spacial score (nSPS) is 12.4. The molecule has 148 valence electrons. The van der Waals surface area contributed by atoms with Crippen LogP contribution in [0.25, 0.3) is 17.2 Å². The average molecular weight is 406 g/mol. The van der Waals surface area contributed by atoms with Crippen molar-refractivity contribution in [3.8, 4) is 17.2 Å². The van der Waals surface area contributed by atoms with E-state index in [4.69, 9.17) is 0 Å². The van der Waals surface area contributed by atoms with E-state index < -0.39 is 45.6 Å². The fraction of sp³-hybridized carbons (Fsp3) is 0.214. The van der Waals surface area contributed by atoms with Gasteiger partial charge in [-0.25, -0.2) is 4.98 Å². The Kier molecular flexibility index (Phi) is 4.36. The lowest BCUT2D eigenvalue weighted by Gasteiger charge is -2.13. The molecule has 3 aromatic rings. The molecule has 0 saturated carbocycles. The molecule has 8 nitrogen and oxygen atoms in total. The summed E-state index contributed by atoms with van der Waals surface area (Å²) < 4.78 is 79.9. The summed E-state index contributed by atoms with van der Waals surface area (Å²) in [4.78, 5) is 17.4. The number of imidazole rings is 1. The van der Waals surface area contributed by atoms with Crippen molar-refractivity contribution in [1.29, 1.82) is 0 Å². The molecular weight excluding hydrogens is 398 g/mol. The monoisotopic (exact) mass is 406 g/mol. The number of alkyl halides is 6. The molecule has 2 heterocycles. The lowest BCUT2D eigenvalue weighted by atomic mass is 10.0. The van der Waals surface area contributed by atoms with Crippen molar-refractivity contribution >= 4 is 5.82 Å². The average Bonchev–Trinajstić information content (AvgIpc) is 3.19. The summed E-state index contributed by atoms with van der Waals surface area (Å²) in [6.45, 7) is 0. The van der Waals surface area contributed by atoms with Crippen molar-refractivity contribution in [1.82, 2.24) is 24.3 Å². The summed E-state index contributed by atoms with van der Waals surface area (Å²) in [5.74, 6) is -1.27. The van der Waals surface area contributed by atoms with Gasteiger partial charge < -0.3 is 10.1 Å². The maximum Gasteiger partial charge on any atom is 0.416 e. The maximum absolute atomic E-state index is 13.0. The second kappa shape index (κ2) is 6.31. The summed E-state index contributed by atoms with van der Waals surface area (Å²) in [5, 5.41) is 14.8. The molecule has 0 atom stereocenters. The van der Waals surface area contributed by atoms with Gasteiger partial charge in [-0.15, -0.1) is 5.10 Å². The second-order valence-electron chi connectivity index (χ2n) is 5.57. The Morgan fingerprint density at radius 1 is 0.964 bits per heavy atom. The van der Waals surface area contributed by atoms with Crippen molar-refractivity contribution in [3.63, 3.8) is 0 Å². The number of aromatic nitrogens is 5. The zero-order valence-corrected chi connectivity index (χ0v) is 13.7. The van der Waals surface area contributed by atoms with E-state index in [-0.39, 0.29) is 11.9 Å². The van der Waals surface area contributed by atoms with Crippen LogP contribution < -0.4 is 0 Å². The highest BCUT2D eigenvalue weighted by Crippen LogP contribution is 2.38. The molecule has 0 spiro atoms. The number of halogens is 6. The van der Waals surface area contributed by atoms with Gasteiger partial charge in [-0.1, -0.05) is 0 Å². The Hall–Kier alpha value is -3.45. The zero-order chi connectivity index (χ0) is 20.9.